The third-order valence-corrected chi connectivity index (χ3v) is 6.21. The van der Waals surface area contributed by atoms with Gasteiger partial charge in [0.15, 0.2) is 0 Å². The number of carbonyl (C=O) groups excluding carboxylic acids is 3. The van der Waals surface area contributed by atoms with E-state index in [0.717, 1.165) is 16.0 Å². The van der Waals surface area contributed by atoms with Gasteiger partial charge in [-0.2, -0.15) is 5.26 Å². The maximum atomic E-state index is 12.6. The quantitative estimate of drug-likeness (QED) is 0.580. The first-order valence-corrected chi connectivity index (χ1v) is 10.5. The van der Waals surface area contributed by atoms with Gasteiger partial charge in [0.05, 0.1) is 30.3 Å². The first-order valence-electron chi connectivity index (χ1n) is 9.72. The van der Waals surface area contributed by atoms with Gasteiger partial charge in [0, 0.05) is 11.3 Å². The van der Waals surface area contributed by atoms with Crippen LogP contribution in [0.15, 0.2) is 30.3 Å². The Hall–Kier alpha value is -3.18. The second-order valence-corrected chi connectivity index (χ2v) is 7.94. The summed E-state index contributed by atoms with van der Waals surface area (Å²) in [6.07, 6.45) is 1.43. The third kappa shape index (κ3) is 4.07. The van der Waals surface area contributed by atoms with Crippen molar-refractivity contribution in [3.63, 3.8) is 0 Å². The van der Waals surface area contributed by atoms with Crippen molar-refractivity contribution in [2.75, 3.05) is 18.5 Å². The summed E-state index contributed by atoms with van der Waals surface area (Å²) in [6.45, 7) is 3.55. The minimum Gasteiger partial charge on any atom is -0.462 e. The number of ether oxygens (including phenoxy) is 2. The fourth-order valence-electron chi connectivity index (χ4n) is 3.64. The predicted molar refractivity (Wildman–Crippen MR) is 111 cm³/mol. The highest BCUT2D eigenvalue weighted by Gasteiger charge is 2.40. The van der Waals surface area contributed by atoms with E-state index >= 15 is 0 Å². The van der Waals surface area contributed by atoms with Gasteiger partial charge in [-0.05, 0) is 37.8 Å². The average Bonchev–Trinajstić information content (AvgIpc) is 3.11. The van der Waals surface area contributed by atoms with Gasteiger partial charge >= 0.3 is 17.8 Å². The summed E-state index contributed by atoms with van der Waals surface area (Å²) in [5, 5.41) is 12.7. The van der Waals surface area contributed by atoms with Crippen LogP contribution in [0.5, 0.6) is 0 Å². The van der Waals surface area contributed by atoms with Gasteiger partial charge < -0.3 is 14.8 Å². The normalized spacial score (nSPS) is 17.4. The highest BCUT2D eigenvalue weighted by atomic mass is 32.1. The van der Waals surface area contributed by atoms with E-state index in [0.29, 0.717) is 19.3 Å². The number of nitrogens with one attached hydrogen (secondary N) is 1. The van der Waals surface area contributed by atoms with Gasteiger partial charge in [-0.3, -0.25) is 4.79 Å². The minimum atomic E-state index is -1.02. The third-order valence-electron chi connectivity index (χ3n) is 5.06. The Kier molecular flexibility index (Phi) is 6.53. The van der Waals surface area contributed by atoms with E-state index in [4.69, 9.17) is 9.47 Å². The topological polar surface area (TPSA) is 105 Å². The zero-order valence-corrected chi connectivity index (χ0v) is 17.6. The fraction of sp³-hybridized carbons (Fsp3) is 0.364. The number of fused-ring (bicyclic) bond motifs is 1. The summed E-state index contributed by atoms with van der Waals surface area (Å²) in [5.41, 5.74) is 1.22. The molecule has 0 bridgehead atoms. The molecule has 1 aliphatic carbocycles. The number of hydrogen-bond acceptors (Lipinski definition) is 7. The number of amides is 1. The molecule has 1 aromatic heterocycles. The molecule has 8 heteroatoms. The van der Waals surface area contributed by atoms with Gasteiger partial charge in [0.2, 0.25) is 0 Å². The van der Waals surface area contributed by atoms with Crippen LogP contribution in [0.1, 0.15) is 46.6 Å². The molecule has 1 aliphatic rings. The Balaban J connectivity index is 2.00. The lowest BCUT2D eigenvalue weighted by Crippen LogP contribution is -2.31. The smallest absolute Gasteiger partial charge is 0.397 e. The van der Waals surface area contributed by atoms with Crippen LogP contribution >= 0.6 is 11.3 Å². The van der Waals surface area contributed by atoms with Crippen molar-refractivity contribution in [2.45, 2.75) is 38.5 Å². The molecule has 2 aromatic rings. The second kappa shape index (κ2) is 9.09. The Morgan fingerprint density at radius 2 is 1.87 bits per heavy atom. The van der Waals surface area contributed by atoms with Crippen molar-refractivity contribution >= 4 is 34.2 Å². The van der Waals surface area contributed by atoms with Crippen molar-refractivity contribution < 1.29 is 23.9 Å². The van der Waals surface area contributed by atoms with Gasteiger partial charge in [0.25, 0.3) is 0 Å². The van der Waals surface area contributed by atoms with E-state index in [1.807, 2.05) is 30.3 Å². The number of rotatable bonds is 5. The largest absolute Gasteiger partial charge is 0.462 e. The number of hydrogen-bond donors (Lipinski definition) is 1. The number of benzene rings is 1. The van der Waals surface area contributed by atoms with Crippen LogP contribution in [0, 0.1) is 11.3 Å². The van der Waals surface area contributed by atoms with E-state index in [2.05, 4.69) is 11.4 Å². The monoisotopic (exact) mass is 426 g/mol. The molecule has 1 amide bonds. The Morgan fingerprint density at radius 3 is 2.50 bits per heavy atom. The SMILES string of the molecule is CCOC(=O)C(=O)Nc1sc2c(c1C(=O)OCC)CC[C@](C#N)(c1ccccc1)C2. The van der Waals surface area contributed by atoms with E-state index < -0.39 is 23.3 Å². The van der Waals surface area contributed by atoms with E-state index in [-0.39, 0.29) is 23.8 Å². The molecule has 1 heterocycles. The molecule has 0 fully saturated rings. The van der Waals surface area contributed by atoms with Gasteiger partial charge in [0.1, 0.15) is 5.00 Å². The van der Waals surface area contributed by atoms with Crippen molar-refractivity contribution in [1.82, 2.24) is 0 Å². The van der Waals surface area contributed by atoms with Crippen molar-refractivity contribution in [3.8, 4) is 6.07 Å². The summed E-state index contributed by atoms with van der Waals surface area (Å²) < 4.78 is 9.91. The van der Waals surface area contributed by atoms with Gasteiger partial charge in [-0.1, -0.05) is 30.3 Å². The van der Waals surface area contributed by atoms with Crippen molar-refractivity contribution in [2.24, 2.45) is 0 Å². The molecule has 7 nitrogen and oxygen atoms in total. The molecule has 0 saturated carbocycles. The minimum absolute atomic E-state index is 0.0691. The first kappa shape index (κ1) is 21.5. The van der Waals surface area contributed by atoms with E-state index in [9.17, 15) is 19.6 Å². The number of nitriles is 1. The molecule has 1 aromatic carbocycles. The Labute approximate surface area is 178 Å². The van der Waals surface area contributed by atoms with Crippen LogP contribution in [0.3, 0.4) is 0 Å². The summed E-state index contributed by atoms with van der Waals surface area (Å²) in [5.74, 6) is -2.52. The molecule has 156 valence electrons. The molecular formula is C22H22N2O5S. The maximum Gasteiger partial charge on any atom is 0.397 e. The lowest BCUT2D eigenvalue weighted by molar-refractivity contribution is -0.152. The first-order chi connectivity index (χ1) is 14.5. The van der Waals surface area contributed by atoms with Crippen LogP contribution in [0.25, 0.3) is 0 Å². The van der Waals surface area contributed by atoms with Crippen LogP contribution in [-0.2, 0) is 37.3 Å². The number of anilines is 1. The predicted octanol–water partition coefficient (Wildman–Crippen LogP) is 3.38. The number of thiophene rings is 1. The lowest BCUT2D eigenvalue weighted by Gasteiger charge is -2.31. The van der Waals surface area contributed by atoms with E-state index in [1.165, 1.54) is 11.3 Å². The maximum absolute atomic E-state index is 12.6. The zero-order chi connectivity index (χ0) is 21.7. The molecule has 1 N–H and O–H groups in total. The van der Waals surface area contributed by atoms with Crippen LogP contribution in [0.2, 0.25) is 0 Å². The lowest BCUT2D eigenvalue weighted by atomic mass is 9.70. The molecule has 1 atom stereocenters. The molecule has 0 saturated heterocycles. The van der Waals surface area contributed by atoms with Crippen LogP contribution < -0.4 is 5.32 Å². The fourth-order valence-corrected chi connectivity index (χ4v) is 4.99. The van der Waals surface area contributed by atoms with Crippen molar-refractivity contribution in [3.05, 3.63) is 51.9 Å². The van der Waals surface area contributed by atoms with Gasteiger partial charge in [-0.15, -0.1) is 11.3 Å². The molecule has 0 radical (unpaired) electrons. The zero-order valence-electron chi connectivity index (χ0n) is 16.8. The van der Waals surface area contributed by atoms with Gasteiger partial charge in [-0.25, -0.2) is 9.59 Å². The molecule has 0 unspecified atom stereocenters. The second-order valence-electron chi connectivity index (χ2n) is 6.84. The highest BCUT2D eigenvalue weighted by Crippen LogP contribution is 2.45. The summed E-state index contributed by atoms with van der Waals surface area (Å²) >= 11 is 1.20. The molecule has 3 rings (SSSR count). The number of carbonyl (C=O) groups is 3. The molecule has 30 heavy (non-hydrogen) atoms. The average molecular weight is 426 g/mol. The Morgan fingerprint density at radius 1 is 1.17 bits per heavy atom. The number of nitrogens with zero attached hydrogens (tertiary/aromatic N) is 1. The molecule has 0 aliphatic heterocycles. The summed E-state index contributed by atoms with van der Waals surface area (Å²) in [7, 11) is 0. The Bertz CT molecular complexity index is 1010. The van der Waals surface area contributed by atoms with Crippen LogP contribution in [-0.4, -0.2) is 31.1 Å². The summed E-state index contributed by atoms with van der Waals surface area (Å²) in [4.78, 5) is 37.4. The van der Waals surface area contributed by atoms with E-state index in [1.54, 1.807) is 13.8 Å². The standard InChI is InChI=1S/C22H22N2O5S/c1-3-28-20(26)17-15-10-11-22(13-23,14-8-6-5-7-9-14)12-16(15)30-19(17)24-18(25)21(27)29-4-2/h5-9H,3-4,10-12H2,1-2H3,(H,24,25)/t22-/m0/s1. The molecule has 0 spiro atoms. The molecular weight excluding hydrogens is 404 g/mol. The van der Waals surface area contributed by atoms with Crippen LogP contribution in [0.4, 0.5) is 5.00 Å². The highest BCUT2D eigenvalue weighted by molar-refractivity contribution is 7.17. The number of esters is 2. The van der Waals surface area contributed by atoms with Crippen molar-refractivity contribution in [1.29, 1.82) is 5.26 Å². The summed E-state index contributed by atoms with van der Waals surface area (Å²) in [6, 6.07) is 12.0.